The lowest BCUT2D eigenvalue weighted by Gasteiger charge is -2.31. The van der Waals surface area contributed by atoms with Crippen molar-refractivity contribution in [2.75, 3.05) is 13.7 Å². The van der Waals surface area contributed by atoms with E-state index in [1.807, 2.05) is 0 Å². The van der Waals surface area contributed by atoms with Gasteiger partial charge in [-0.15, -0.1) is 0 Å². The molecule has 3 amide bonds. The molecule has 2 rings (SSSR count). The summed E-state index contributed by atoms with van der Waals surface area (Å²) < 4.78 is 5.78. The molecule has 1 aliphatic rings. The number of nitrogens with one attached hydrogen (secondary N) is 2. The van der Waals surface area contributed by atoms with Crippen molar-refractivity contribution in [3.63, 3.8) is 0 Å². The van der Waals surface area contributed by atoms with E-state index < -0.39 is 89.7 Å². The molecule has 3 N–H and O–H groups in total. The fraction of sp³-hybridized carbons (Fsp3) is 0.600. The Bertz CT molecular complexity index is 1280. The highest BCUT2D eigenvalue weighted by molar-refractivity contribution is 6.36. The molecule has 15 nitrogen and oxygen atoms in total. The number of nitrogens with zero attached hydrogens (tertiary/aromatic N) is 3. The molecular formula is C25H35N5O10. The number of esters is 1. The first-order valence-electron chi connectivity index (χ1n) is 12.7. The summed E-state index contributed by atoms with van der Waals surface area (Å²) in [6.07, 6.45) is 1.84. The normalized spacial score (nSPS) is 16.4. The lowest BCUT2D eigenvalue weighted by Crippen LogP contribution is -2.58. The highest BCUT2D eigenvalue weighted by Crippen LogP contribution is 2.21. The van der Waals surface area contributed by atoms with Gasteiger partial charge in [0.15, 0.2) is 0 Å². The summed E-state index contributed by atoms with van der Waals surface area (Å²) in [4.78, 5) is 100. The molecule has 1 fully saturated rings. The maximum absolute atomic E-state index is 13.5. The maximum atomic E-state index is 13.5. The van der Waals surface area contributed by atoms with Gasteiger partial charge in [-0.1, -0.05) is 27.7 Å². The summed E-state index contributed by atoms with van der Waals surface area (Å²) in [5.41, 5.74) is -1.85. The van der Waals surface area contributed by atoms with Crippen LogP contribution in [0.5, 0.6) is 0 Å². The molecule has 0 saturated carbocycles. The minimum Gasteiger partial charge on any atom is -0.480 e. The van der Waals surface area contributed by atoms with Crippen LogP contribution in [0.15, 0.2) is 21.9 Å². The Morgan fingerprint density at radius 2 is 1.62 bits per heavy atom. The van der Waals surface area contributed by atoms with Gasteiger partial charge in [0, 0.05) is 18.8 Å². The Morgan fingerprint density at radius 3 is 2.17 bits per heavy atom. The lowest BCUT2D eigenvalue weighted by atomic mass is 9.98. The second kappa shape index (κ2) is 13.7. The summed E-state index contributed by atoms with van der Waals surface area (Å²) in [6, 6.07) is -2.23. The summed E-state index contributed by atoms with van der Waals surface area (Å²) in [5, 5.41) is 14.1. The zero-order valence-electron chi connectivity index (χ0n) is 23.0. The van der Waals surface area contributed by atoms with E-state index in [9.17, 15) is 38.4 Å². The molecule has 1 aromatic heterocycles. The van der Waals surface area contributed by atoms with E-state index in [0.29, 0.717) is 17.4 Å². The van der Waals surface area contributed by atoms with Crippen molar-refractivity contribution in [1.29, 1.82) is 0 Å². The number of hydrogen-bond acceptors (Lipinski definition) is 9. The molecule has 3 atom stereocenters. The van der Waals surface area contributed by atoms with Gasteiger partial charge in [0.2, 0.25) is 17.7 Å². The number of likely N-dealkylation sites (tertiary alicyclic amines) is 1. The van der Waals surface area contributed by atoms with Gasteiger partial charge in [0.05, 0.1) is 7.11 Å². The van der Waals surface area contributed by atoms with Crippen molar-refractivity contribution in [2.45, 2.75) is 71.8 Å². The fourth-order valence-electron chi connectivity index (χ4n) is 4.34. The van der Waals surface area contributed by atoms with Gasteiger partial charge >= 0.3 is 17.6 Å². The van der Waals surface area contributed by atoms with Crippen LogP contribution in [-0.2, 0) is 46.6 Å². The predicted molar refractivity (Wildman–Crippen MR) is 138 cm³/mol. The predicted octanol–water partition coefficient (Wildman–Crippen LogP) is -1.89. The number of amides is 3. The summed E-state index contributed by atoms with van der Waals surface area (Å²) in [7, 11) is 1.06. The van der Waals surface area contributed by atoms with Crippen molar-refractivity contribution < 1.29 is 38.6 Å². The van der Waals surface area contributed by atoms with E-state index in [2.05, 4.69) is 15.4 Å². The number of aliphatic carboxylic acids is 1. The molecule has 0 radical (unpaired) electrons. The largest absolute Gasteiger partial charge is 0.480 e. The molecule has 1 aliphatic heterocycles. The minimum atomic E-state index is -1.41. The van der Waals surface area contributed by atoms with Crippen molar-refractivity contribution in [1.82, 2.24) is 24.7 Å². The number of Topliss-reactive ketones (excluding diaryl/α,β-unsaturated/α-hetero) is 1. The molecule has 40 heavy (non-hydrogen) atoms. The molecule has 15 heteroatoms. The Balaban J connectivity index is 2.19. The van der Waals surface area contributed by atoms with Crippen LogP contribution in [0.2, 0.25) is 0 Å². The van der Waals surface area contributed by atoms with Crippen LogP contribution in [-0.4, -0.2) is 86.4 Å². The Kier molecular flexibility index (Phi) is 10.9. The Morgan fingerprint density at radius 1 is 1.00 bits per heavy atom. The quantitative estimate of drug-likeness (QED) is 0.190. The van der Waals surface area contributed by atoms with Gasteiger partial charge < -0.3 is 25.4 Å². The van der Waals surface area contributed by atoms with E-state index >= 15 is 0 Å². The number of ketones is 1. The topological polar surface area (TPSA) is 203 Å². The van der Waals surface area contributed by atoms with Crippen LogP contribution < -0.4 is 21.9 Å². The van der Waals surface area contributed by atoms with Crippen LogP contribution in [0.3, 0.4) is 0 Å². The number of carboxylic acid groups (broad SMARTS) is 1. The molecule has 2 heterocycles. The number of methoxy groups -OCH3 is 1. The van der Waals surface area contributed by atoms with Crippen LogP contribution in [0.1, 0.15) is 40.5 Å². The number of hydrogen-bond donors (Lipinski definition) is 3. The van der Waals surface area contributed by atoms with Crippen molar-refractivity contribution in [3.8, 4) is 0 Å². The molecule has 220 valence electrons. The first kappa shape index (κ1) is 31.9. The zero-order valence-corrected chi connectivity index (χ0v) is 23.0. The van der Waals surface area contributed by atoms with Crippen molar-refractivity contribution >= 4 is 35.4 Å². The molecule has 0 spiro atoms. The molecule has 0 unspecified atom stereocenters. The van der Waals surface area contributed by atoms with Crippen LogP contribution in [0, 0.1) is 11.8 Å². The van der Waals surface area contributed by atoms with Crippen LogP contribution in [0.4, 0.5) is 0 Å². The number of aromatic nitrogens is 2. The fourth-order valence-corrected chi connectivity index (χ4v) is 4.34. The molecule has 1 aromatic rings. The maximum Gasteiger partial charge on any atom is 0.376 e. The van der Waals surface area contributed by atoms with Gasteiger partial charge in [-0.2, -0.15) is 0 Å². The lowest BCUT2D eigenvalue weighted by molar-refractivity contribution is -0.153. The number of rotatable bonds is 12. The van der Waals surface area contributed by atoms with Gasteiger partial charge in [0.25, 0.3) is 11.3 Å². The molecule has 0 aromatic carbocycles. The number of ether oxygens (including phenoxy) is 1. The third kappa shape index (κ3) is 7.64. The second-order valence-corrected chi connectivity index (χ2v) is 10.1. The molecular weight excluding hydrogens is 530 g/mol. The summed E-state index contributed by atoms with van der Waals surface area (Å²) >= 11 is 0. The van der Waals surface area contributed by atoms with E-state index in [1.165, 1.54) is 4.90 Å². The van der Waals surface area contributed by atoms with Crippen LogP contribution >= 0.6 is 0 Å². The van der Waals surface area contributed by atoms with E-state index in [-0.39, 0.29) is 6.54 Å². The summed E-state index contributed by atoms with van der Waals surface area (Å²) in [6.45, 7) is 5.39. The first-order valence-corrected chi connectivity index (χ1v) is 12.7. The van der Waals surface area contributed by atoms with Gasteiger partial charge in [-0.25, -0.2) is 14.2 Å². The summed E-state index contributed by atoms with van der Waals surface area (Å²) in [5.74, 6) is -6.21. The van der Waals surface area contributed by atoms with Crippen LogP contribution in [0.25, 0.3) is 0 Å². The highest BCUT2D eigenvalue weighted by Gasteiger charge is 2.40. The molecule has 0 bridgehead atoms. The smallest absolute Gasteiger partial charge is 0.376 e. The average molecular weight is 566 g/mol. The van der Waals surface area contributed by atoms with E-state index in [1.54, 1.807) is 27.7 Å². The SMILES string of the molecule is COC(=O)C(=O)[C@@H](NC(=O)[C@@H]1CCCN1C(=O)[C@@H](NC(=O)Cn1ccc(=O)n(CC(=O)O)c1=O)C(C)C)C(C)C. The standard InChI is InChI=1S/C25H35N5O10/c1-13(2)19(21(35)24(38)40-5)27-22(36)15-7-6-9-29(15)23(37)20(14(3)4)26-16(31)11-28-10-8-17(32)30(25(28)39)12-18(33)34/h8,10,13-15,19-20H,6-7,9,11-12H2,1-5H3,(H,26,31)(H,27,36)(H,33,34)/t15-,19-,20-/m0/s1. The number of carboxylic acids is 1. The first-order chi connectivity index (χ1) is 18.7. The average Bonchev–Trinajstić information content (AvgIpc) is 3.38. The Labute approximate surface area is 229 Å². The van der Waals surface area contributed by atoms with Gasteiger partial charge in [0.1, 0.15) is 31.2 Å². The second-order valence-electron chi connectivity index (χ2n) is 10.1. The monoisotopic (exact) mass is 565 g/mol. The van der Waals surface area contributed by atoms with Crippen molar-refractivity contribution in [3.05, 3.63) is 33.1 Å². The van der Waals surface area contributed by atoms with E-state index in [0.717, 1.165) is 23.9 Å². The highest BCUT2D eigenvalue weighted by atomic mass is 16.5. The third-order valence-electron chi connectivity index (χ3n) is 6.47. The van der Waals surface area contributed by atoms with Gasteiger partial charge in [-0.05, 0) is 24.7 Å². The third-order valence-corrected chi connectivity index (χ3v) is 6.47. The van der Waals surface area contributed by atoms with Crippen molar-refractivity contribution in [2.24, 2.45) is 11.8 Å². The Hall–Kier alpha value is -4.30. The number of carbonyl (C=O) groups excluding carboxylic acids is 5. The zero-order chi connectivity index (χ0) is 30.3. The molecule has 0 aliphatic carbocycles. The van der Waals surface area contributed by atoms with E-state index in [4.69, 9.17) is 5.11 Å². The molecule has 1 saturated heterocycles. The number of carbonyl (C=O) groups is 6. The minimum absolute atomic E-state index is 0.215. The van der Waals surface area contributed by atoms with Gasteiger partial charge in [-0.3, -0.25) is 33.3 Å².